The molecule has 0 spiro atoms. The van der Waals surface area contributed by atoms with Crippen LogP contribution in [0.5, 0.6) is 16.0 Å². The van der Waals surface area contributed by atoms with E-state index >= 15 is 0 Å². The Kier molecular flexibility index (Phi) is 32.2. The highest BCUT2D eigenvalue weighted by Gasteiger charge is 2.32. The number of hydrogen-bond donors (Lipinski definition) is 0. The van der Waals surface area contributed by atoms with Crippen molar-refractivity contribution in [1.29, 1.82) is 0 Å². The van der Waals surface area contributed by atoms with Gasteiger partial charge in [-0.05, 0) is 231 Å². The van der Waals surface area contributed by atoms with Crippen molar-refractivity contribution in [2.45, 2.75) is 171 Å². The Bertz CT molecular complexity index is 4510. The minimum Gasteiger partial charge on any atom is -0.494 e. The van der Waals surface area contributed by atoms with E-state index in [1.54, 1.807) is 30.2 Å². The second-order valence-electron chi connectivity index (χ2n) is 26.3. The number of methoxy groups -OCH3 is 1. The van der Waals surface area contributed by atoms with Crippen molar-refractivity contribution in [2.75, 3.05) is 120 Å². The van der Waals surface area contributed by atoms with Crippen molar-refractivity contribution < 1.29 is 51.6 Å². The summed E-state index contributed by atoms with van der Waals surface area (Å²) in [7, 11) is 5.03. The number of azo groups is 4. The van der Waals surface area contributed by atoms with Crippen molar-refractivity contribution in [2.24, 2.45) is 40.9 Å². The van der Waals surface area contributed by atoms with Gasteiger partial charge in [0.05, 0.1) is 64.7 Å². The highest BCUT2D eigenvalue weighted by atomic mass is 32.2. The molecule has 12 rings (SSSR count). The number of benzene rings is 4. The maximum Gasteiger partial charge on any atom is 0.422 e. The van der Waals surface area contributed by atoms with E-state index in [2.05, 4.69) is 138 Å². The molecule has 0 saturated carbocycles. The van der Waals surface area contributed by atoms with E-state index in [1.165, 1.54) is 84.4 Å². The summed E-state index contributed by atoms with van der Waals surface area (Å²) in [6, 6.07) is 8.44. The van der Waals surface area contributed by atoms with Crippen LogP contribution in [0.2, 0.25) is 0 Å². The van der Waals surface area contributed by atoms with Crippen LogP contribution in [-0.4, -0.2) is 131 Å². The molecule has 0 atom stereocenters. The molecule has 4 aromatic carbocycles. The third kappa shape index (κ3) is 22.1. The first kappa shape index (κ1) is 85.8. The summed E-state index contributed by atoms with van der Waals surface area (Å²) in [6.45, 7) is 31.3. The van der Waals surface area contributed by atoms with Crippen LogP contribution in [0, 0.1) is 58.6 Å². The zero-order chi connectivity index (χ0) is 79.2. The van der Waals surface area contributed by atoms with Gasteiger partial charge in [-0.1, -0.05) is 42.9 Å². The van der Waals surface area contributed by atoms with Gasteiger partial charge in [0, 0.05) is 81.0 Å². The molecule has 0 N–H and O–H groups in total. The summed E-state index contributed by atoms with van der Waals surface area (Å²) in [6.07, 6.45) is 9.18. The van der Waals surface area contributed by atoms with E-state index in [1.807, 2.05) is 78.5 Å². The third-order valence-corrected chi connectivity index (χ3v) is 23.4. The van der Waals surface area contributed by atoms with Gasteiger partial charge in [-0.15, -0.1) is 64.0 Å². The molecular formula is C76H100F3N17O9S5. The molecular weight excluding hydrogens is 1510 g/mol. The normalized spacial score (nSPS) is 13.9. The molecule has 4 aliphatic heterocycles. The average molecular weight is 1610 g/mol. The Labute approximate surface area is 662 Å². The van der Waals surface area contributed by atoms with E-state index in [0.29, 0.717) is 72.1 Å². The summed E-state index contributed by atoms with van der Waals surface area (Å²) in [5, 5.41) is 49.4. The number of nitro groups is 1. The van der Waals surface area contributed by atoms with Gasteiger partial charge in [0.1, 0.15) is 35.0 Å². The Morgan fingerprint density at radius 2 is 1.34 bits per heavy atom. The van der Waals surface area contributed by atoms with Crippen molar-refractivity contribution in [1.82, 2.24) is 19.9 Å². The highest BCUT2D eigenvalue weighted by Crippen LogP contribution is 2.48. The van der Waals surface area contributed by atoms with Crippen molar-refractivity contribution in [3.8, 4) is 16.0 Å². The van der Waals surface area contributed by atoms with Gasteiger partial charge in [-0.3, -0.25) is 10.1 Å². The summed E-state index contributed by atoms with van der Waals surface area (Å²) < 4.78 is 66.1. The maximum absolute atomic E-state index is 12.6. The molecule has 0 amide bonds. The van der Waals surface area contributed by atoms with Crippen molar-refractivity contribution in [3.05, 3.63) is 116 Å². The number of ether oxygens (including phenoxy) is 5. The van der Waals surface area contributed by atoms with Crippen LogP contribution in [0.15, 0.2) is 80.3 Å². The molecule has 34 heteroatoms. The largest absolute Gasteiger partial charge is 0.494 e. The quantitative estimate of drug-likeness (QED) is 0.0101. The number of hydrogen-bond acceptors (Lipinski definition) is 30. The molecule has 8 heterocycles. The molecule has 26 nitrogen and oxygen atoms in total. The first-order chi connectivity index (χ1) is 53.0. The van der Waals surface area contributed by atoms with E-state index in [-0.39, 0.29) is 28.3 Å². The van der Waals surface area contributed by atoms with Gasteiger partial charge < -0.3 is 43.3 Å². The van der Waals surface area contributed by atoms with Crippen molar-refractivity contribution >= 4 is 131 Å². The smallest absolute Gasteiger partial charge is 0.422 e. The lowest BCUT2D eigenvalue weighted by atomic mass is 9.88. The van der Waals surface area contributed by atoms with Crippen LogP contribution in [0.4, 0.5) is 86.9 Å². The zero-order valence-electron chi connectivity index (χ0n) is 65.7. The topological polar surface area (TPSA) is 271 Å². The monoisotopic (exact) mass is 1610 g/mol. The number of halogens is 3. The van der Waals surface area contributed by atoms with Crippen molar-refractivity contribution in [3.63, 3.8) is 0 Å². The molecule has 0 bridgehead atoms. The predicted octanol–water partition coefficient (Wildman–Crippen LogP) is 22.4. The fraction of sp³-hybridized carbons (Fsp3) is 0.526. The fourth-order valence-electron chi connectivity index (χ4n) is 13.3. The Balaban J connectivity index is 0.000000169. The maximum atomic E-state index is 12.6. The number of aromatic nitrogens is 4. The van der Waals surface area contributed by atoms with Gasteiger partial charge in [0.15, 0.2) is 18.2 Å². The highest BCUT2D eigenvalue weighted by molar-refractivity contribution is 8.00. The minimum absolute atomic E-state index is 0.00537. The molecule has 0 fully saturated rings. The minimum atomic E-state index is -4.41. The molecule has 4 aromatic heterocycles. The molecule has 110 heavy (non-hydrogen) atoms. The number of thioether (sulfide) groups is 1. The van der Waals surface area contributed by atoms with Crippen LogP contribution in [0.3, 0.4) is 0 Å². The molecule has 594 valence electrons. The third-order valence-electron chi connectivity index (χ3n) is 18.7. The van der Waals surface area contributed by atoms with E-state index < -0.39 is 17.7 Å². The lowest BCUT2D eigenvalue weighted by Crippen LogP contribution is -2.34. The van der Waals surface area contributed by atoms with Gasteiger partial charge in [-0.2, -0.15) is 18.2 Å². The molecule has 8 aromatic rings. The van der Waals surface area contributed by atoms with Crippen LogP contribution < -0.4 is 33.8 Å². The second-order valence-corrected chi connectivity index (χ2v) is 31.2. The Hall–Kier alpha value is -8.22. The first-order valence-corrected chi connectivity index (χ1v) is 41.5. The summed E-state index contributed by atoms with van der Waals surface area (Å²) in [5.74, 6) is 2.11. The van der Waals surface area contributed by atoms with Crippen LogP contribution in [0.25, 0.3) is 0 Å². The molecule has 4 aliphatic rings. The molecule has 0 radical (unpaired) electrons. The molecule has 0 unspecified atom stereocenters. The van der Waals surface area contributed by atoms with Crippen LogP contribution >= 0.6 is 57.1 Å². The number of aryl methyl sites for hydroxylation is 4. The number of thiazole rings is 4. The van der Waals surface area contributed by atoms with E-state index in [0.717, 1.165) is 165 Å². The van der Waals surface area contributed by atoms with Gasteiger partial charge in [-0.25, -0.2) is 24.7 Å². The number of anilines is 4. The average Bonchev–Trinajstić information content (AvgIpc) is 1.14. The summed E-state index contributed by atoms with van der Waals surface area (Å²) in [5.41, 5.74) is 22.7. The second kappa shape index (κ2) is 41.3. The lowest BCUT2D eigenvalue weighted by molar-refractivity contribution is -0.379. The predicted molar refractivity (Wildman–Crippen MR) is 434 cm³/mol. The summed E-state index contributed by atoms with van der Waals surface area (Å²) in [4.78, 5) is 46.5. The number of unbranched alkanes of at least 4 members (excludes halogenated alkanes) is 1. The number of rotatable bonds is 30. The van der Waals surface area contributed by atoms with E-state index in [9.17, 15) is 23.3 Å². The Morgan fingerprint density at radius 3 is 2.02 bits per heavy atom. The first-order valence-electron chi connectivity index (χ1n) is 36.9. The number of fused-ring (bicyclic) bond motifs is 2. The lowest BCUT2D eigenvalue weighted by Gasteiger charge is -2.37. The standard InChI is InChI=1S/C21H27F3N4OS.C20H30N4O3S.C18H23N5O5S.C17H20N4S2/c1-4-6-9-28-10-8-15-12-16(14(3)11-17(15)28)26-27-19-20(29-13-21(22,23)24)30-18(25-19)7-5-2;1-7-25-12-24(13-26-8-2)19-14(4)10-17(15(5)16(19)6)22-23-18-11-28-20(21-18)27-9-3;1-10-12-7-6-8-22(3)15(12)16(26-4)11(2)14(10)20-21-17-18(23(24)25)29-13(19-17)9-28-27-5;1-11-13-6-4-8-21-7-3-5-12(15(13)21)9-14(11)19-20-16-17(22-2)23-10-18-16/h11-12H,4-10,13H2,1-3H3;10-11H,7-9,12-13H2,1-6H3;6-9H2,1-5H3;9-10H,3-8H2,1-2H3. The molecule has 0 saturated heterocycles. The zero-order valence-corrected chi connectivity index (χ0v) is 69.8. The van der Waals surface area contributed by atoms with Crippen LogP contribution in [-0.2, 0) is 58.0 Å². The van der Waals surface area contributed by atoms with E-state index in [4.69, 9.17) is 28.6 Å². The number of nitrogens with zero attached hydrogens (tertiary/aromatic N) is 17. The van der Waals surface area contributed by atoms with Crippen LogP contribution in [0.1, 0.15) is 144 Å². The SMILES string of the molecule is CCCCN1CCc2cc(N=Nc3nc(CCC)sc3OCC(F)(F)F)c(C)cc21.CCOCN(COCC)c1c(C)cc(N=Nc2csc(OCC)n2)c(C)c1C.COOCc1nc(N=Nc2c(C)c3c(c(OC)c2C)N(C)CCC3)c([N+](=O)[O-])s1.CSc1scnc1N=Nc1cc2c3c(c1C)CCCN3CCC2. The van der Waals surface area contributed by atoms with Gasteiger partial charge in [0.2, 0.25) is 10.9 Å². The fourth-order valence-corrected chi connectivity index (χ4v) is 16.9. The van der Waals surface area contributed by atoms with Gasteiger partial charge >= 0.3 is 11.2 Å². The van der Waals surface area contributed by atoms with Gasteiger partial charge in [0.25, 0.3) is 11.0 Å². The number of alkyl halides is 3. The summed E-state index contributed by atoms with van der Waals surface area (Å²) >= 11 is 6.70. The Morgan fingerprint density at radius 1 is 0.664 bits per heavy atom. The molecule has 0 aliphatic carbocycles.